The molecule has 0 saturated carbocycles. The second kappa shape index (κ2) is 6.08. The Morgan fingerprint density at radius 2 is 1.71 bits per heavy atom. The summed E-state index contributed by atoms with van der Waals surface area (Å²) in [5.74, 6) is 0.898. The van der Waals surface area contributed by atoms with E-state index in [0.29, 0.717) is 13.0 Å². The first-order chi connectivity index (χ1) is 10.3. The predicted molar refractivity (Wildman–Crippen MR) is 82.1 cm³/mol. The van der Waals surface area contributed by atoms with Gasteiger partial charge in [-0.2, -0.15) is 0 Å². The number of nitrogens with zero attached hydrogens (tertiary/aromatic N) is 2. The van der Waals surface area contributed by atoms with Crippen LogP contribution in [0.2, 0.25) is 0 Å². The van der Waals surface area contributed by atoms with E-state index in [0.717, 1.165) is 16.9 Å². The number of para-hydroxylation sites is 2. The Morgan fingerprint density at radius 1 is 1.00 bits per heavy atom. The van der Waals surface area contributed by atoms with Gasteiger partial charge in [0.05, 0.1) is 30.3 Å². The Balaban J connectivity index is 2.02. The molecule has 3 aromatic rings. The zero-order valence-corrected chi connectivity index (χ0v) is 11.7. The summed E-state index contributed by atoms with van der Waals surface area (Å²) in [5.41, 5.74) is 3.07. The third kappa shape index (κ3) is 2.96. The standard InChI is InChI=1S/C17H18N2O2/c20-12-14(21)11-19-16-9-5-4-8-15(16)18-17(19)10-13-6-2-1-3-7-13/h1-9,14,20-21H,10-12H2/t14-/m1/s1. The zero-order valence-electron chi connectivity index (χ0n) is 11.7. The molecule has 0 bridgehead atoms. The first-order valence-corrected chi connectivity index (χ1v) is 7.05. The van der Waals surface area contributed by atoms with Gasteiger partial charge in [-0.3, -0.25) is 0 Å². The number of benzene rings is 2. The van der Waals surface area contributed by atoms with E-state index in [1.54, 1.807) is 0 Å². The Labute approximate surface area is 123 Å². The van der Waals surface area contributed by atoms with Crippen molar-refractivity contribution in [2.45, 2.75) is 19.1 Å². The maximum atomic E-state index is 9.78. The molecule has 4 nitrogen and oxygen atoms in total. The summed E-state index contributed by atoms with van der Waals surface area (Å²) < 4.78 is 1.99. The average Bonchev–Trinajstić information content (AvgIpc) is 2.86. The summed E-state index contributed by atoms with van der Waals surface area (Å²) in [6, 6.07) is 18.0. The number of hydrogen-bond donors (Lipinski definition) is 2. The Hall–Kier alpha value is -2.17. The molecule has 0 radical (unpaired) electrons. The molecule has 0 unspecified atom stereocenters. The molecule has 1 atom stereocenters. The molecule has 4 heteroatoms. The van der Waals surface area contributed by atoms with Crippen LogP contribution in [0.25, 0.3) is 11.0 Å². The molecule has 0 aliphatic carbocycles. The normalized spacial score (nSPS) is 12.7. The molecule has 0 amide bonds. The number of aliphatic hydroxyl groups excluding tert-OH is 2. The van der Waals surface area contributed by atoms with Gasteiger partial charge in [-0.05, 0) is 17.7 Å². The highest BCUT2D eigenvalue weighted by atomic mass is 16.3. The third-order valence-electron chi connectivity index (χ3n) is 3.54. The Morgan fingerprint density at radius 3 is 2.48 bits per heavy atom. The molecular weight excluding hydrogens is 264 g/mol. The molecule has 1 heterocycles. The van der Waals surface area contributed by atoms with Gasteiger partial charge >= 0.3 is 0 Å². The topological polar surface area (TPSA) is 58.3 Å². The monoisotopic (exact) mass is 282 g/mol. The van der Waals surface area contributed by atoms with Crippen molar-refractivity contribution in [1.82, 2.24) is 9.55 Å². The number of hydrogen-bond acceptors (Lipinski definition) is 3. The summed E-state index contributed by atoms with van der Waals surface area (Å²) in [5, 5.41) is 18.9. The summed E-state index contributed by atoms with van der Waals surface area (Å²) in [4.78, 5) is 4.67. The maximum Gasteiger partial charge on any atom is 0.114 e. The summed E-state index contributed by atoms with van der Waals surface area (Å²) in [6.45, 7) is 0.0937. The minimum Gasteiger partial charge on any atom is -0.394 e. The van der Waals surface area contributed by atoms with Gasteiger partial charge in [-0.15, -0.1) is 0 Å². The highest BCUT2D eigenvalue weighted by molar-refractivity contribution is 5.76. The molecule has 21 heavy (non-hydrogen) atoms. The van der Waals surface area contributed by atoms with Gasteiger partial charge in [0, 0.05) is 6.42 Å². The molecule has 2 aromatic carbocycles. The van der Waals surface area contributed by atoms with Gasteiger partial charge in [0.1, 0.15) is 5.82 Å². The van der Waals surface area contributed by atoms with Gasteiger partial charge in [-0.25, -0.2) is 4.98 Å². The van der Waals surface area contributed by atoms with E-state index in [9.17, 15) is 5.11 Å². The molecule has 1 aromatic heterocycles. The Kier molecular flexibility index (Phi) is 3.99. The van der Waals surface area contributed by atoms with Crippen LogP contribution in [0.1, 0.15) is 11.4 Å². The van der Waals surface area contributed by atoms with Crippen molar-refractivity contribution < 1.29 is 10.2 Å². The SMILES string of the molecule is OC[C@H](O)Cn1c(Cc2ccccc2)nc2ccccc21. The second-order valence-electron chi connectivity index (χ2n) is 5.13. The van der Waals surface area contributed by atoms with Crippen molar-refractivity contribution in [2.75, 3.05) is 6.61 Å². The first-order valence-electron chi connectivity index (χ1n) is 7.05. The summed E-state index contributed by atoms with van der Waals surface area (Å²) >= 11 is 0. The van der Waals surface area contributed by atoms with E-state index in [1.807, 2.05) is 47.0 Å². The largest absolute Gasteiger partial charge is 0.394 e. The number of imidazole rings is 1. The Bertz CT molecular complexity index is 722. The van der Waals surface area contributed by atoms with Gasteiger partial charge in [0.2, 0.25) is 0 Å². The highest BCUT2D eigenvalue weighted by Gasteiger charge is 2.13. The lowest BCUT2D eigenvalue weighted by atomic mass is 10.1. The van der Waals surface area contributed by atoms with E-state index >= 15 is 0 Å². The number of aliphatic hydroxyl groups is 2. The maximum absolute atomic E-state index is 9.78. The lowest BCUT2D eigenvalue weighted by molar-refractivity contribution is 0.0815. The summed E-state index contributed by atoms with van der Waals surface area (Å²) in [6.07, 6.45) is -0.0784. The van der Waals surface area contributed by atoms with Crippen LogP contribution in [0, 0.1) is 0 Å². The summed E-state index contributed by atoms with van der Waals surface area (Å²) in [7, 11) is 0. The van der Waals surface area contributed by atoms with Crippen LogP contribution in [-0.2, 0) is 13.0 Å². The fourth-order valence-corrected chi connectivity index (χ4v) is 2.51. The van der Waals surface area contributed by atoms with Gasteiger partial charge in [0.25, 0.3) is 0 Å². The minimum absolute atomic E-state index is 0.253. The van der Waals surface area contributed by atoms with E-state index in [2.05, 4.69) is 17.1 Å². The third-order valence-corrected chi connectivity index (χ3v) is 3.54. The van der Waals surface area contributed by atoms with Gasteiger partial charge in [0.15, 0.2) is 0 Å². The van der Waals surface area contributed by atoms with Crippen LogP contribution in [0.15, 0.2) is 54.6 Å². The second-order valence-corrected chi connectivity index (χ2v) is 5.13. The molecule has 0 aliphatic heterocycles. The van der Waals surface area contributed by atoms with Crippen LogP contribution in [0.5, 0.6) is 0 Å². The van der Waals surface area contributed by atoms with Crippen LogP contribution < -0.4 is 0 Å². The molecule has 0 spiro atoms. The molecule has 3 rings (SSSR count). The molecule has 0 saturated heterocycles. The van der Waals surface area contributed by atoms with Crippen molar-refractivity contribution in [1.29, 1.82) is 0 Å². The molecule has 0 aliphatic rings. The van der Waals surface area contributed by atoms with E-state index in [-0.39, 0.29) is 6.61 Å². The average molecular weight is 282 g/mol. The van der Waals surface area contributed by atoms with Crippen molar-refractivity contribution in [3.63, 3.8) is 0 Å². The number of fused-ring (bicyclic) bond motifs is 1. The number of rotatable bonds is 5. The molecule has 108 valence electrons. The van der Waals surface area contributed by atoms with Crippen LogP contribution >= 0.6 is 0 Å². The fraction of sp³-hybridized carbons (Fsp3) is 0.235. The fourth-order valence-electron chi connectivity index (χ4n) is 2.51. The lowest BCUT2D eigenvalue weighted by Gasteiger charge is -2.12. The predicted octanol–water partition coefficient (Wildman–Crippen LogP) is 1.98. The van der Waals surface area contributed by atoms with Crippen molar-refractivity contribution >= 4 is 11.0 Å². The smallest absolute Gasteiger partial charge is 0.114 e. The van der Waals surface area contributed by atoms with Crippen LogP contribution in [-0.4, -0.2) is 32.5 Å². The zero-order chi connectivity index (χ0) is 14.7. The quantitative estimate of drug-likeness (QED) is 0.752. The van der Waals surface area contributed by atoms with Gasteiger partial charge < -0.3 is 14.8 Å². The number of aromatic nitrogens is 2. The highest BCUT2D eigenvalue weighted by Crippen LogP contribution is 2.19. The first kappa shape index (κ1) is 13.8. The lowest BCUT2D eigenvalue weighted by Crippen LogP contribution is -2.21. The molecular formula is C17H18N2O2. The molecule has 2 N–H and O–H groups in total. The van der Waals surface area contributed by atoms with E-state index < -0.39 is 6.10 Å². The van der Waals surface area contributed by atoms with Crippen molar-refractivity contribution in [2.24, 2.45) is 0 Å². The van der Waals surface area contributed by atoms with E-state index in [1.165, 1.54) is 5.56 Å². The van der Waals surface area contributed by atoms with Crippen LogP contribution in [0.4, 0.5) is 0 Å². The molecule has 0 fully saturated rings. The van der Waals surface area contributed by atoms with Crippen LogP contribution in [0.3, 0.4) is 0 Å². The van der Waals surface area contributed by atoms with Crippen molar-refractivity contribution in [3.8, 4) is 0 Å². The van der Waals surface area contributed by atoms with Crippen molar-refractivity contribution in [3.05, 3.63) is 66.0 Å². The minimum atomic E-state index is -0.780. The van der Waals surface area contributed by atoms with E-state index in [4.69, 9.17) is 5.11 Å². The van der Waals surface area contributed by atoms with Gasteiger partial charge in [-0.1, -0.05) is 42.5 Å².